The van der Waals surface area contributed by atoms with Crippen LogP contribution in [0.4, 0.5) is 11.4 Å². The minimum Gasteiger partial charge on any atom is -0.454 e. The fraction of sp³-hybridized carbons (Fsp3) is 0.115. The van der Waals surface area contributed by atoms with E-state index >= 15 is 0 Å². The van der Waals surface area contributed by atoms with Crippen molar-refractivity contribution in [3.8, 4) is 28.7 Å². The van der Waals surface area contributed by atoms with Gasteiger partial charge in [0.1, 0.15) is 5.75 Å². The Labute approximate surface area is 200 Å². The van der Waals surface area contributed by atoms with Crippen molar-refractivity contribution in [3.05, 3.63) is 94.9 Å². The van der Waals surface area contributed by atoms with Crippen LogP contribution in [0, 0.1) is 0 Å². The molecule has 5 rings (SSSR count). The highest BCUT2D eigenvalue weighted by atomic mass is 16.7. The Balaban J connectivity index is 1.51. The average molecular weight is 470 g/mol. The topological polar surface area (TPSA) is 104 Å². The van der Waals surface area contributed by atoms with Crippen LogP contribution in [0.25, 0.3) is 5.69 Å². The number of benzene rings is 3. The number of amides is 1. The van der Waals surface area contributed by atoms with Crippen LogP contribution in [-0.4, -0.2) is 29.0 Å². The lowest BCUT2D eigenvalue weighted by Crippen LogP contribution is -2.24. The number of ether oxygens (including phenoxy) is 3. The van der Waals surface area contributed by atoms with E-state index in [1.807, 2.05) is 25.1 Å². The summed E-state index contributed by atoms with van der Waals surface area (Å²) in [4.78, 5) is 25.6. The Hall–Kier alpha value is -4.79. The highest BCUT2D eigenvalue weighted by molar-refractivity contribution is 5.94. The number of carbonyl (C=O) groups is 1. The van der Waals surface area contributed by atoms with E-state index < -0.39 is 5.56 Å². The summed E-state index contributed by atoms with van der Waals surface area (Å²) in [5.41, 5.74) is 1.53. The van der Waals surface area contributed by atoms with Gasteiger partial charge in [0.05, 0.1) is 11.9 Å². The SMILES string of the molecule is CCNC(=O)c1ccc(Nc2c(Oc3ccc4c(c3)OCO4)cnn(-c3ccccc3)c2=O)cc1. The maximum atomic E-state index is 13.5. The quantitative estimate of drug-likeness (QED) is 0.416. The highest BCUT2D eigenvalue weighted by Crippen LogP contribution is 2.37. The maximum Gasteiger partial charge on any atom is 0.299 e. The van der Waals surface area contributed by atoms with Crippen LogP contribution in [-0.2, 0) is 0 Å². The van der Waals surface area contributed by atoms with Gasteiger partial charge >= 0.3 is 0 Å². The molecule has 35 heavy (non-hydrogen) atoms. The first-order valence-corrected chi connectivity index (χ1v) is 11.0. The smallest absolute Gasteiger partial charge is 0.299 e. The molecule has 0 bridgehead atoms. The zero-order valence-corrected chi connectivity index (χ0v) is 18.9. The zero-order chi connectivity index (χ0) is 24.2. The summed E-state index contributed by atoms with van der Waals surface area (Å²) in [5, 5.41) is 10.2. The third-order valence-corrected chi connectivity index (χ3v) is 5.27. The van der Waals surface area contributed by atoms with Gasteiger partial charge in [0.2, 0.25) is 6.79 Å². The van der Waals surface area contributed by atoms with Gasteiger partial charge in [-0.3, -0.25) is 9.59 Å². The van der Waals surface area contributed by atoms with Gasteiger partial charge in [-0.25, -0.2) is 0 Å². The van der Waals surface area contributed by atoms with E-state index in [2.05, 4.69) is 15.7 Å². The zero-order valence-electron chi connectivity index (χ0n) is 18.9. The number of anilines is 2. The molecule has 0 atom stereocenters. The van der Waals surface area contributed by atoms with Crippen LogP contribution < -0.4 is 30.4 Å². The highest BCUT2D eigenvalue weighted by Gasteiger charge is 2.18. The molecule has 9 heteroatoms. The molecule has 0 aliphatic carbocycles. The van der Waals surface area contributed by atoms with Crippen molar-refractivity contribution in [1.82, 2.24) is 15.1 Å². The van der Waals surface area contributed by atoms with Gasteiger partial charge in [-0.15, -0.1) is 0 Å². The van der Waals surface area contributed by atoms with Gasteiger partial charge in [-0.05, 0) is 55.5 Å². The van der Waals surface area contributed by atoms with Crippen molar-refractivity contribution in [1.29, 1.82) is 0 Å². The molecule has 0 radical (unpaired) electrons. The van der Waals surface area contributed by atoms with E-state index in [0.717, 1.165) is 0 Å². The molecule has 0 saturated heterocycles. The van der Waals surface area contributed by atoms with Crippen LogP contribution in [0.15, 0.2) is 83.8 Å². The lowest BCUT2D eigenvalue weighted by molar-refractivity contribution is 0.0956. The molecule has 9 nitrogen and oxygen atoms in total. The molecule has 176 valence electrons. The standard InChI is InChI=1S/C26H22N4O5/c1-2-27-25(31)17-8-10-18(11-9-17)29-24-23(35-20-12-13-21-22(14-20)34-16-33-21)15-28-30(26(24)32)19-6-4-3-5-7-19/h3-15,29H,2,16H2,1H3,(H,27,31). The molecule has 4 aromatic rings. The Morgan fingerprint density at radius 2 is 1.80 bits per heavy atom. The number of aromatic nitrogens is 2. The Morgan fingerprint density at radius 3 is 2.57 bits per heavy atom. The normalized spacial score (nSPS) is 11.7. The van der Waals surface area contributed by atoms with E-state index in [1.165, 1.54) is 10.9 Å². The first kappa shape index (κ1) is 22.0. The first-order chi connectivity index (χ1) is 17.1. The third-order valence-electron chi connectivity index (χ3n) is 5.27. The molecule has 1 aliphatic heterocycles. The van der Waals surface area contributed by atoms with E-state index in [4.69, 9.17) is 14.2 Å². The third kappa shape index (κ3) is 4.65. The molecule has 1 aromatic heterocycles. The molecule has 1 amide bonds. The molecule has 2 N–H and O–H groups in total. The summed E-state index contributed by atoms with van der Waals surface area (Å²) >= 11 is 0. The average Bonchev–Trinajstić information content (AvgIpc) is 3.35. The number of hydrogen-bond donors (Lipinski definition) is 2. The van der Waals surface area contributed by atoms with Crippen LogP contribution in [0.2, 0.25) is 0 Å². The van der Waals surface area contributed by atoms with Crippen LogP contribution in [0.5, 0.6) is 23.0 Å². The Morgan fingerprint density at radius 1 is 1.03 bits per heavy atom. The van der Waals surface area contributed by atoms with Crippen LogP contribution in [0.3, 0.4) is 0 Å². The van der Waals surface area contributed by atoms with Gasteiger partial charge in [0.25, 0.3) is 11.5 Å². The van der Waals surface area contributed by atoms with Gasteiger partial charge in [-0.2, -0.15) is 9.78 Å². The second kappa shape index (κ2) is 9.60. The van der Waals surface area contributed by atoms with Gasteiger partial charge < -0.3 is 24.8 Å². The van der Waals surface area contributed by atoms with Crippen LogP contribution in [0.1, 0.15) is 17.3 Å². The van der Waals surface area contributed by atoms with Crippen molar-refractivity contribution in [2.24, 2.45) is 0 Å². The summed E-state index contributed by atoms with van der Waals surface area (Å²) < 4.78 is 18.1. The molecule has 0 spiro atoms. The fourth-order valence-corrected chi connectivity index (χ4v) is 3.56. The molecular formula is C26H22N4O5. The molecule has 3 aromatic carbocycles. The van der Waals surface area contributed by atoms with Crippen LogP contribution >= 0.6 is 0 Å². The number of para-hydroxylation sites is 1. The number of nitrogens with zero attached hydrogens (tertiary/aromatic N) is 2. The summed E-state index contributed by atoms with van der Waals surface area (Å²) in [6, 6.07) is 21.1. The lowest BCUT2D eigenvalue weighted by Gasteiger charge is -2.15. The van der Waals surface area contributed by atoms with E-state index in [0.29, 0.717) is 40.7 Å². The minimum absolute atomic E-state index is 0.145. The molecular weight excluding hydrogens is 448 g/mol. The Bertz CT molecular complexity index is 1420. The molecule has 0 fully saturated rings. The summed E-state index contributed by atoms with van der Waals surface area (Å²) in [6.45, 7) is 2.54. The van der Waals surface area contributed by atoms with Crippen molar-refractivity contribution < 1.29 is 19.0 Å². The summed E-state index contributed by atoms with van der Waals surface area (Å²) in [5.74, 6) is 1.71. The molecule has 1 aliphatic rings. The number of rotatable bonds is 7. The maximum absolute atomic E-state index is 13.5. The van der Waals surface area contributed by atoms with E-state index in [-0.39, 0.29) is 24.1 Å². The summed E-state index contributed by atoms with van der Waals surface area (Å²) in [7, 11) is 0. The lowest BCUT2D eigenvalue weighted by atomic mass is 10.2. The van der Waals surface area contributed by atoms with Crippen molar-refractivity contribution in [2.45, 2.75) is 6.92 Å². The summed E-state index contributed by atoms with van der Waals surface area (Å²) in [6.07, 6.45) is 1.48. The predicted molar refractivity (Wildman–Crippen MR) is 130 cm³/mol. The Kier molecular flexibility index (Phi) is 6.04. The van der Waals surface area contributed by atoms with Gasteiger partial charge in [0, 0.05) is 23.9 Å². The number of nitrogens with one attached hydrogen (secondary N) is 2. The fourth-order valence-electron chi connectivity index (χ4n) is 3.56. The van der Waals surface area contributed by atoms with E-state index in [1.54, 1.807) is 54.6 Å². The predicted octanol–water partition coefficient (Wildman–Crippen LogP) is 4.25. The van der Waals surface area contributed by atoms with Gasteiger partial charge in [-0.1, -0.05) is 18.2 Å². The first-order valence-electron chi connectivity index (χ1n) is 11.0. The number of hydrogen-bond acceptors (Lipinski definition) is 7. The molecule has 2 heterocycles. The second-order valence-corrected chi connectivity index (χ2v) is 7.62. The second-order valence-electron chi connectivity index (χ2n) is 7.62. The van der Waals surface area contributed by atoms with Crippen molar-refractivity contribution in [3.63, 3.8) is 0 Å². The van der Waals surface area contributed by atoms with Crippen molar-refractivity contribution in [2.75, 3.05) is 18.7 Å². The number of carbonyl (C=O) groups excluding carboxylic acids is 1. The van der Waals surface area contributed by atoms with Gasteiger partial charge in [0.15, 0.2) is 22.9 Å². The van der Waals surface area contributed by atoms with Crippen molar-refractivity contribution >= 4 is 17.3 Å². The van der Waals surface area contributed by atoms with E-state index in [9.17, 15) is 9.59 Å². The molecule has 0 unspecified atom stereocenters. The monoisotopic (exact) mass is 470 g/mol. The minimum atomic E-state index is -0.401. The largest absolute Gasteiger partial charge is 0.454 e. The molecule has 0 saturated carbocycles. The number of fused-ring (bicyclic) bond motifs is 1.